The number of nitrogens with zero attached hydrogens (tertiary/aromatic N) is 4. The van der Waals surface area contributed by atoms with Crippen molar-refractivity contribution in [1.82, 2.24) is 19.4 Å². The van der Waals surface area contributed by atoms with Crippen LogP contribution in [0.3, 0.4) is 0 Å². The Morgan fingerprint density at radius 2 is 2.08 bits per heavy atom. The fraction of sp³-hybridized carbons (Fsp3) is 0.526. The highest BCUT2D eigenvalue weighted by atomic mass is 32.1. The molecule has 0 spiro atoms. The van der Waals surface area contributed by atoms with E-state index in [9.17, 15) is 9.90 Å². The number of hydrogen-bond acceptors (Lipinski definition) is 6. The summed E-state index contributed by atoms with van der Waals surface area (Å²) in [7, 11) is 0. The van der Waals surface area contributed by atoms with Crippen molar-refractivity contribution in [2.24, 2.45) is 5.92 Å². The van der Waals surface area contributed by atoms with Gasteiger partial charge in [0.15, 0.2) is 0 Å². The lowest BCUT2D eigenvalue weighted by atomic mass is 9.75. The van der Waals surface area contributed by atoms with E-state index in [0.29, 0.717) is 29.1 Å². The smallest absolute Gasteiger partial charge is 0.267 e. The molecule has 3 atom stereocenters. The van der Waals surface area contributed by atoms with Crippen LogP contribution in [0.25, 0.3) is 0 Å². The van der Waals surface area contributed by atoms with Crippen LogP contribution in [0.15, 0.2) is 24.3 Å². The van der Waals surface area contributed by atoms with Gasteiger partial charge < -0.3 is 10.0 Å². The van der Waals surface area contributed by atoms with Gasteiger partial charge in [0.2, 0.25) is 0 Å². The lowest BCUT2D eigenvalue weighted by Gasteiger charge is -2.51. The van der Waals surface area contributed by atoms with Gasteiger partial charge >= 0.3 is 0 Å². The molecule has 1 amide bonds. The lowest BCUT2D eigenvalue weighted by molar-refractivity contribution is -0.00329. The van der Waals surface area contributed by atoms with E-state index >= 15 is 0 Å². The molecule has 2 aromatic rings. The normalized spacial score (nSPS) is 32.7. The molecule has 0 unspecified atom stereocenters. The molecule has 4 aliphatic heterocycles. The Hall–Kier alpha value is -1.99. The Morgan fingerprint density at radius 1 is 1.27 bits per heavy atom. The third kappa shape index (κ3) is 2.37. The van der Waals surface area contributed by atoms with Crippen LogP contribution in [0.4, 0.5) is 0 Å². The second kappa shape index (κ2) is 6.03. The molecule has 136 valence electrons. The highest BCUT2D eigenvalue weighted by Gasteiger charge is 2.55. The van der Waals surface area contributed by atoms with Crippen molar-refractivity contribution < 1.29 is 9.90 Å². The van der Waals surface area contributed by atoms with E-state index in [1.165, 1.54) is 11.5 Å². The van der Waals surface area contributed by atoms with Crippen LogP contribution in [-0.2, 0) is 0 Å². The van der Waals surface area contributed by atoms with Gasteiger partial charge in [-0.25, -0.2) is 0 Å². The first-order valence-electron chi connectivity index (χ1n) is 9.26. The van der Waals surface area contributed by atoms with Crippen LogP contribution in [-0.4, -0.2) is 62.1 Å². The average Bonchev–Trinajstić information content (AvgIpc) is 3.27. The average molecular weight is 370 g/mol. The van der Waals surface area contributed by atoms with Crippen LogP contribution < -0.4 is 0 Å². The van der Waals surface area contributed by atoms with E-state index < -0.39 is 0 Å². The van der Waals surface area contributed by atoms with Gasteiger partial charge in [0, 0.05) is 18.5 Å². The molecule has 4 saturated heterocycles. The molecule has 6 nitrogen and oxygen atoms in total. The van der Waals surface area contributed by atoms with Crippen molar-refractivity contribution in [3.8, 4) is 5.75 Å². The number of aryl methyl sites for hydroxylation is 1. The first-order chi connectivity index (χ1) is 12.6. The third-order valence-corrected chi connectivity index (χ3v) is 7.22. The van der Waals surface area contributed by atoms with E-state index in [-0.39, 0.29) is 17.9 Å². The molecule has 0 radical (unpaired) electrons. The number of phenolic OH excluding ortho intramolecular Hbond substituents is 1. The van der Waals surface area contributed by atoms with Gasteiger partial charge in [-0.05, 0) is 68.0 Å². The molecule has 26 heavy (non-hydrogen) atoms. The summed E-state index contributed by atoms with van der Waals surface area (Å²) < 4.78 is 3.96. The summed E-state index contributed by atoms with van der Waals surface area (Å²) in [6.45, 7) is 4.78. The van der Waals surface area contributed by atoms with Gasteiger partial charge in [-0.1, -0.05) is 16.6 Å². The molecule has 4 aliphatic rings. The number of phenols is 1. The minimum Gasteiger partial charge on any atom is -0.508 e. The fourth-order valence-electron chi connectivity index (χ4n) is 5.26. The van der Waals surface area contributed by atoms with Crippen molar-refractivity contribution in [2.45, 2.75) is 37.8 Å². The van der Waals surface area contributed by atoms with E-state index in [2.05, 4.69) is 25.5 Å². The molecular weight excluding hydrogens is 348 g/mol. The third-order valence-electron chi connectivity index (χ3n) is 6.40. The summed E-state index contributed by atoms with van der Waals surface area (Å²) in [5, 5.41) is 14.0. The number of piperidine rings is 3. The van der Waals surface area contributed by atoms with Gasteiger partial charge in [-0.3, -0.25) is 9.69 Å². The number of amides is 1. The maximum absolute atomic E-state index is 13.3. The van der Waals surface area contributed by atoms with Crippen molar-refractivity contribution >= 4 is 17.4 Å². The number of benzene rings is 1. The molecule has 5 heterocycles. The van der Waals surface area contributed by atoms with Gasteiger partial charge in [0.05, 0.1) is 11.7 Å². The highest BCUT2D eigenvalue weighted by molar-refractivity contribution is 7.07. The standard InChI is InChI=1S/C19H22N4O2S/c1-11-18(26-21-20-11)19(25)23-10-15(13-3-2-4-14(24)9-13)17-16(23)12-5-7-22(17)8-6-12/h2-4,9,12,15-17,24H,5-8,10H2,1H3/t15-,16+,17+/m0/s1. The molecule has 1 N–H and O–H groups in total. The number of likely N-dealkylation sites (tertiary alicyclic amines) is 1. The zero-order valence-electron chi connectivity index (χ0n) is 14.7. The van der Waals surface area contributed by atoms with Crippen molar-refractivity contribution in [1.29, 1.82) is 0 Å². The van der Waals surface area contributed by atoms with Crippen molar-refractivity contribution in [3.05, 3.63) is 40.4 Å². The summed E-state index contributed by atoms with van der Waals surface area (Å²) in [6.07, 6.45) is 2.33. The van der Waals surface area contributed by atoms with E-state index in [1.54, 1.807) is 6.07 Å². The maximum atomic E-state index is 13.3. The predicted octanol–water partition coefficient (Wildman–Crippen LogP) is 2.25. The molecule has 0 aliphatic carbocycles. The molecule has 0 saturated carbocycles. The van der Waals surface area contributed by atoms with Gasteiger partial charge in [0.25, 0.3) is 5.91 Å². The monoisotopic (exact) mass is 370 g/mol. The van der Waals surface area contributed by atoms with Gasteiger partial charge in [0.1, 0.15) is 10.6 Å². The number of carbonyl (C=O) groups is 1. The van der Waals surface area contributed by atoms with E-state index in [1.807, 2.05) is 19.1 Å². The Bertz CT molecular complexity index is 846. The summed E-state index contributed by atoms with van der Waals surface area (Å²) >= 11 is 1.20. The number of rotatable bonds is 2. The van der Waals surface area contributed by atoms with Gasteiger partial charge in [-0.2, -0.15) is 0 Å². The van der Waals surface area contributed by atoms with E-state index in [0.717, 1.165) is 37.2 Å². The van der Waals surface area contributed by atoms with Crippen LogP contribution in [0.1, 0.15) is 39.7 Å². The second-order valence-electron chi connectivity index (χ2n) is 7.70. The number of fused-ring (bicyclic) bond motifs is 2. The minimum atomic E-state index is 0.0731. The van der Waals surface area contributed by atoms with Crippen molar-refractivity contribution in [2.75, 3.05) is 19.6 Å². The predicted molar refractivity (Wildman–Crippen MR) is 98.4 cm³/mol. The topological polar surface area (TPSA) is 69.6 Å². The maximum Gasteiger partial charge on any atom is 0.267 e. The first kappa shape index (κ1) is 16.2. The Morgan fingerprint density at radius 3 is 2.77 bits per heavy atom. The van der Waals surface area contributed by atoms with Crippen LogP contribution >= 0.6 is 11.5 Å². The number of hydrogen-bond donors (Lipinski definition) is 1. The second-order valence-corrected chi connectivity index (χ2v) is 8.46. The zero-order valence-corrected chi connectivity index (χ0v) is 15.5. The number of carbonyl (C=O) groups excluding carboxylic acids is 1. The summed E-state index contributed by atoms with van der Waals surface area (Å²) in [5.41, 5.74) is 1.85. The molecule has 1 aromatic heterocycles. The van der Waals surface area contributed by atoms with Crippen LogP contribution in [0, 0.1) is 12.8 Å². The quantitative estimate of drug-likeness (QED) is 0.878. The highest BCUT2D eigenvalue weighted by Crippen LogP contribution is 2.47. The Kier molecular flexibility index (Phi) is 3.76. The molecule has 7 heteroatoms. The van der Waals surface area contributed by atoms with Crippen LogP contribution in [0.5, 0.6) is 5.75 Å². The number of aromatic hydroxyl groups is 1. The zero-order chi connectivity index (χ0) is 17.8. The molecule has 1 aromatic carbocycles. The summed E-state index contributed by atoms with van der Waals surface area (Å²) in [4.78, 5) is 18.6. The Balaban J connectivity index is 1.55. The molecule has 6 rings (SSSR count). The van der Waals surface area contributed by atoms with Crippen molar-refractivity contribution in [3.63, 3.8) is 0 Å². The summed E-state index contributed by atoms with van der Waals surface area (Å²) in [5.74, 6) is 1.17. The molecule has 4 fully saturated rings. The lowest BCUT2D eigenvalue weighted by Crippen LogP contribution is -2.60. The van der Waals surface area contributed by atoms with E-state index in [4.69, 9.17) is 0 Å². The molecular formula is C19H22N4O2S. The molecule has 2 bridgehead atoms. The number of aromatic nitrogens is 2. The summed E-state index contributed by atoms with van der Waals surface area (Å²) in [6, 6.07) is 8.14. The van der Waals surface area contributed by atoms with Crippen LogP contribution in [0.2, 0.25) is 0 Å². The SMILES string of the molecule is Cc1nnsc1C(=O)N1C[C@@H](c2cccc(O)c2)[C@@H]2[C@H]1C1CCN2CC1. The minimum absolute atomic E-state index is 0.0731. The van der Waals surface area contributed by atoms with Gasteiger partial charge in [-0.15, -0.1) is 5.10 Å². The largest absolute Gasteiger partial charge is 0.508 e. The Labute approximate surface area is 156 Å². The first-order valence-corrected chi connectivity index (χ1v) is 10.0. The fourth-order valence-corrected chi connectivity index (χ4v) is 5.87.